The third-order valence-electron chi connectivity index (χ3n) is 5.13. The van der Waals surface area contributed by atoms with Crippen LogP contribution in [-0.2, 0) is 10.2 Å². The van der Waals surface area contributed by atoms with E-state index in [4.69, 9.17) is 22.7 Å². The van der Waals surface area contributed by atoms with Gasteiger partial charge in [-0.05, 0) is 56.3 Å². The lowest BCUT2D eigenvalue weighted by atomic mass is 9.81. The Hall–Kier alpha value is -3.46. The van der Waals surface area contributed by atoms with Gasteiger partial charge in [0.2, 0.25) is 5.91 Å². The maximum absolute atomic E-state index is 12.9. The minimum absolute atomic E-state index is 0.152. The average Bonchev–Trinajstić information content (AvgIpc) is 2.88. The molecule has 2 amide bonds. The fraction of sp³-hybridized carbons (Fsp3) is 0.227. The van der Waals surface area contributed by atoms with Crippen LogP contribution in [0.15, 0.2) is 42.5 Å². The van der Waals surface area contributed by atoms with Crippen LogP contribution in [0.3, 0.4) is 0 Å². The largest absolute Gasteiger partial charge is 0.487 e. The summed E-state index contributed by atoms with van der Waals surface area (Å²) in [6.45, 7) is 3.54. The molecular formula is C22H21ClF2N4O3. The minimum Gasteiger partial charge on any atom is -0.420 e. The molecule has 0 fully saturated rings. The summed E-state index contributed by atoms with van der Waals surface area (Å²) < 4.78 is 29.7. The maximum Gasteiger partial charge on any atom is 0.487 e. The van der Waals surface area contributed by atoms with Gasteiger partial charge in [0.1, 0.15) is 5.75 Å². The SMILES string of the molecule is CN1C(=O)C(C)(C)c2c(/C(N)=C/C=N)cc(C(=O)Nc3ccc(OC(F)(F)Cl)cc3)cc21. The number of likely N-dealkylation sites (N-methyl/N-ethyl adjacent to an activating group) is 1. The number of nitrogens with two attached hydrogens (primary N) is 1. The summed E-state index contributed by atoms with van der Waals surface area (Å²) >= 11 is 4.74. The number of nitrogens with one attached hydrogen (secondary N) is 2. The van der Waals surface area contributed by atoms with Crippen molar-refractivity contribution in [3.8, 4) is 5.75 Å². The molecule has 0 aliphatic carbocycles. The predicted octanol–water partition coefficient (Wildman–Crippen LogP) is 4.31. The molecule has 1 aliphatic heterocycles. The normalized spacial score (nSPS) is 15.4. The van der Waals surface area contributed by atoms with Gasteiger partial charge in [-0.3, -0.25) is 9.59 Å². The first-order chi connectivity index (χ1) is 14.8. The zero-order valence-electron chi connectivity index (χ0n) is 17.5. The monoisotopic (exact) mass is 462 g/mol. The van der Waals surface area contributed by atoms with Gasteiger partial charge in [0.05, 0.1) is 5.41 Å². The lowest BCUT2D eigenvalue weighted by Gasteiger charge is -2.20. The number of rotatable bonds is 6. The molecule has 0 radical (unpaired) electrons. The summed E-state index contributed by atoms with van der Waals surface area (Å²) in [6, 6.07) is 8.38. The van der Waals surface area contributed by atoms with Crippen molar-refractivity contribution in [3.05, 3.63) is 59.2 Å². The number of anilines is 2. The molecule has 7 nitrogen and oxygen atoms in total. The molecule has 1 aliphatic rings. The summed E-state index contributed by atoms with van der Waals surface area (Å²) in [4.78, 5) is 27.1. The Morgan fingerprint density at radius 3 is 2.47 bits per heavy atom. The summed E-state index contributed by atoms with van der Waals surface area (Å²) in [5.41, 5.74) is 3.92. The Morgan fingerprint density at radius 1 is 1.28 bits per heavy atom. The van der Waals surface area contributed by atoms with Crippen LogP contribution < -0.4 is 20.7 Å². The number of nitrogens with zero attached hydrogens (tertiary/aromatic N) is 1. The molecule has 4 N–H and O–H groups in total. The van der Waals surface area contributed by atoms with E-state index in [0.29, 0.717) is 22.5 Å². The Balaban J connectivity index is 1.98. The Bertz CT molecular complexity index is 1130. The third-order valence-corrected chi connectivity index (χ3v) is 5.20. The highest BCUT2D eigenvalue weighted by Gasteiger charge is 2.44. The van der Waals surface area contributed by atoms with Crippen molar-refractivity contribution < 1.29 is 23.1 Å². The Kier molecular flexibility index (Phi) is 5.97. The predicted molar refractivity (Wildman–Crippen MR) is 120 cm³/mol. The fourth-order valence-electron chi connectivity index (χ4n) is 3.67. The van der Waals surface area contributed by atoms with Crippen LogP contribution in [0.25, 0.3) is 5.70 Å². The summed E-state index contributed by atoms with van der Waals surface area (Å²) in [7, 11) is 1.61. The van der Waals surface area contributed by atoms with Crippen molar-refractivity contribution >= 4 is 46.7 Å². The molecule has 3 rings (SSSR count). The lowest BCUT2D eigenvalue weighted by Crippen LogP contribution is -2.33. The summed E-state index contributed by atoms with van der Waals surface area (Å²) in [6.07, 6.45) is 2.40. The van der Waals surface area contributed by atoms with Crippen LogP contribution in [-0.4, -0.2) is 30.6 Å². The molecule has 10 heteroatoms. The molecular weight excluding hydrogens is 442 g/mol. The van der Waals surface area contributed by atoms with Crippen molar-refractivity contribution in [2.24, 2.45) is 5.73 Å². The van der Waals surface area contributed by atoms with Crippen LogP contribution in [0.5, 0.6) is 5.75 Å². The first-order valence-electron chi connectivity index (χ1n) is 9.45. The summed E-state index contributed by atoms with van der Waals surface area (Å²) in [5.74, 6) is -0.825. The molecule has 0 unspecified atom stereocenters. The highest BCUT2D eigenvalue weighted by atomic mass is 35.5. The number of amides is 2. The molecule has 0 saturated heterocycles. The quantitative estimate of drug-likeness (QED) is 0.439. The standard InChI is InChI=1S/C22H21ClF2N4O3/c1-21(2)18-15(16(27)8-9-26)10-12(11-17(18)29(3)20(21)31)19(30)28-13-4-6-14(7-5-13)32-22(23,24)25/h4-11,26H,27H2,1-3H3,(H,28,30)/b16-8-,26-9?. The molecule has 2 aromatic carbocycles. The average molecular weight is 463 g/mol. The molecule has 0 bridgehead atoms. The van der Waals surface area contributed by atoms with Gasteiger partial charge < -0.3 is 26.1 Å². The number of carbonyl (C=O) groups excluding carboxylic acids is 2. The Morgan fingerprint density at radius 2 is 1.91 bits per heavy atom. The number of alkyl halides is 3. The van der Waals surface area contributed by atoms with E-state index in [1.54, 1.807) is 33.0 Å². The highest BCUT2D eigenvalue weighted by molar-refractivity contribution is 6.20. The van der Waals surface area contributed by atoms with Gasteiger partial charge in [0, 0.05) is 58.6 Å². The first-order valence-corrected chi connectivity index (χ1v) is 9.83. The molecule has 168 valence electrons. The van der Waals surface area contributed by atoms with Crippen molar-refractivity contribution in [2.45, 2.75) is 24.8 Å². The zero-order valence-corrected chi connectivity index (χ0v) is 18.3. The molecule has 0 atom stereocenters. The van der Waals surface area contributed by atoms with Crippen LogP contribution in [0.1, 0.15) is 35.3 Å². The molecule has 0 spiro atoms. The Labute approximate surface area is 188 Å². The van der Waals surface area contributed by atoms with Gasteiger partial charge in [0.25, 0.3) is 5.91 Å². The topological polar surface area (TPSA) is 109 Å². The van der Waals surface area contributed by atoms with Crippen LogP contribution in [0, 0.1) is 5.41 Å². The number of benzene rings is 2. The van der Waals surface area contributed by atoms with E-state index in [0.717, 1.165) is 6.21 Å². The second kappa shape index (κ2) is 8.23. The van der Waals surface area contributed by atoms with Crippen molar-refractivity contribution in [2.75, 3.05) is 17.3 Å². The second-order valence-electron chi connectivity index (χ2n) is 7.72. The molecule has 32 heavy (non-hydrogen) atoms. The van der Waals surface area contributed by atoms with E-state index in [9.17, 15) is 18.4 Å². The highest BCUT2D eigenvalue weighted by Crippen LogP contribution is 2.45. The zero-order chi connectivity index (χ0) is 23.8. The number of fused-ring (bicyclic) bond motifs is 1. The number of hydrogen-bond donors (Lipinski definition) is 3. The second-order valence-corrected chi connectivity index (χ2v) is 8.16. The number of allylic oxidation sites excluding steroid dienone is 1. The van der Waals surface area contributed by atoms with E-state index in [-0.39, 0.29) is 22.9 Å². The fourth-order valence-corrected chi connectivity index (χ4v) is 3.75. The van der Waals surface area contributed by atoms with Crippen molar-refractivity contribution in [1.82, 2.24) is 0 Å². The molecule has 1 heterocycles. The number of ether oxygens (including phenoxy) is 1. The van der Waals surface area contributed by atoms with E-state index in [1.165, 1.54) is 35.2 Å². The van der Waals surface area contributed by atoms with E-state index in [1.807, 2.05) is 0 Å². The van der Waals surface area contributed by atoms with Gasteiger partial charge >= 0.3 is 5.57 Å². The van der Waals surface area contributed by atoms with E-state index >= 15 is 0 Å². The lowest BCUT2D eigenvalue weighted by molar-refractivity contribution is -0.121. The first kappa shape index (κ1) is 23.2. The van der Waals surface area contributed by atoms with Gasteiger partial charge in [0.15, 0.2) is 0 Å². The van der Waals surface area contributed by atoms with E-state index in [2.05, 4.69) is 10.1 Å². The molecule has 0 saturated carbocycles. The third kappa shape index (κ3) is 4.43. The number of carbonyl (C=O) groups is 2. The van der Waals surface area contributed by atoms with Gasteiger partial charge in [-0.1, -0.05) is 0 Å². The molecule has 0 aromatic heterocycles. The van der Waals surface area contributed by atoms with Gasteiger partial charge in [-0.25, -0.2) is 0 Å². The van der Waals surface area contributed by atoms with Crippen molar-refractivity contribution in [3.63, 3.8) is 0 Å². The number of hydrogen-bond acceptors (Lipinski definition) is 5. The van der Waals surface area contributed by atoms with Gasteiger partial charge in [-0.2, -0.15) is 0 Å². The minimum atomic E-state index is -3.84. The smallest absolute Gasteiger partial charge is 0.420 e. The van der Waals surface area contributed by atoms with Gasteiger partial charge in [-0.15, -0.1) is 8.78 Å². The van der Waals surface area contributed by atoms with Crippen LogP contribution in [0.2, 0.25) is 0 Å². The van der Waals surface area contributed by atoms with E-state index < -0.39 is 16.9 Å². The van der Waals surface area contributed by atoms with Crippen LogP contribution in [0.4, 0.5) is 20.2 Å². The van der Waals surface area contributed by atoms with Crippen molar-refractivity contribution in [1.29, 1.82) is 5.41 Å². The maximum atomic E-state index is 12.9. The number of halogens is 3. The molecule has 2 aromatic rings. The summed E-state index contributed by atoms with van der Waals surface area (Å²) in [5, 5.41) is 9.97. The van der Waals surface area contributed by atoms with Crippen LogP contribution >= 0.6 is 11.6 Å².